The van der Waals surface area contributed by atoms with Gasteiger partial charge in [0.2, 0.25) is 5.91 Å². The van der Waals surface area contributed by atoms with E-state index in [0.717, 1.165) is 24.1 Å². The molecule has 2 aliphatic rings. The molecule has 0 saturated heterocycles. The molecule has 2 aromatic rings. The average Bonchev–Trinajstić information content (AvgIpc) is 3.43. The first-order valence-electron chi connectivity index (χ1n) is 8.55. The van der Waals surface area contributed by atoms with E-state index in [1.807, 2.05) is 31.2 Å². The van der Waals surface area contributed by atoms with Gasteiger partial charge in [0.1, 0.15) is 5.84 Å². The van der Waals surface area contributed by atoms with Crippen LogP contribution in [0, 0.1) is 5.92 Å². The number of hydrogen-bond donors (Lipinski definition) is 2. The molecule has 1 aliphatic heterocycles. The molecule has 0 spiro atoms. The molecule has 1 amide bonds. The summed E-state index contributed by atoms with van der Waals surface area (Å²) < 4.78 is 26.8. The molecule has 1 heterocycles. The zero-order valence-corrected chi connectivity index (χ0v) is 15.1. The van der Waals surface area contributed by atoms with Crippen molar-refractivity contribution in [2.75, 3.05) is 5.32 Å². The predicted molar refractivity (Wildman–Crippen MR) is 99.5 cm³/mol. The molecule has 134 valence electrons. The van der Waals surface area contributed by atoms with Gasteiger partial charge in [0, 0.05) is 17.2 Å². The number of amidine groups is 1. The minimum atomic E-state index is -3.53. The molecule has 1 atom stereocenters. The van der Waals surface area contributed by atoms with Crippen LogP contribution in [0.2, 0.25) is 0 Å². The second kappa shape index (κ2) is 6.25. The van der Waals surface area contributed by atoms with Crippen LogP contribution in [0.1, 0.15) is 36.9 Å². The van der Waals surface area contributed by atoms with Crippen molar-refractivity contribution in [2.24, 2.45) is 10.9 Å². The zero-order chi connectivity index (χ0) is 18.3. The van der Waals surface area contributed by atoms with Crippen LogP contribution in [0.5, 0.6) is 0 Å². The van der Waals surface area contributed by atoms with E-state index >= 15 is 0 Å². The van der Waals surface area contributed by atoms with Gasteiger partial charge in [-0.1, -0.05) is 24.3 Å². The number of carbonyl (C=O) groups excluding carboxylic acids is 1. The van der Waals surface area contributed by atoms with Crippen LogP contribution in [0.25, 0.3) is 0 Å². The Morgan fingerprint density at radius 1 is 1.15 bits per heavy atom. The van der Waals surface area contributed by atoms with E-state index in [0.29, 0.717) is 11.4 Å². The van der Waals surface area contributed by atoms with Crippen LogP contribution in [-0.4, -0.2) is 20.2 Å². The third kappa shape index (κ3) is 3.22. The highest BCUT2D eigenvalue weighted by Crippen LogP contribution is 2.30. The Hall–Kier alpha value is -2.67. The summed E-state index contributed by atoms with van der Waals surface area (Å²) >= 11 is 0. The number of nitrogens with zero attached hydrogens (tertiary/aromatic N) is 1. The average molecular weight is 369 g/mol. The summed E-state index contributed by atoms with van der Waals surface area (Å²) in [5, 5.41) is 2.90. The zero-order valence-electron chi connectivity index (χ0n) is 14.3. The Balaban J connectivity index is 1.54. The summed E-state index contributed by atoms with van der Waals surface area (Å²) in [7, 11) is -3.53. The first kappa shape index (κ1) is 16.8. The Morgan fingerprint density at radius 3 is 2.54 bits per heavy atom. The van der Waals surface area contributed by atoms with Crippen molar-refractivity contribution >= 4 is 27.5 Å². The van der Waals surface area contributed by atoms with E-state index in [2.05, 4.69) is 15.0 Å². The summed E-state index contributed by atoms with van der Waals surface area (Å²) in [5.41, 5.74) is 2.29. The lowest BCUT2D eigenvalue weighted by Gasteiger charge is -2.10. The second-order valence-corrected chi connectivity index (χ2v) is 8.29. The lowest BCUT2D eigenvalue weighted by molar-refractivity contribution is -0.117. The maximum Gasteiger partial charge on any atom is 0.263 e. The predicted octanol–water partition coefficient (Wildman–Crippen LogP) is 2.83. The number of carbonyl (C=O) groups is 1. The number of nitrogens with one attached hydrogen (secondary N) is 2. The van der Waals surface area contributed by atoms with Crippen LogP contribution in [0.4, 0.5) is 5.69 Å². The molecular formula is C19H19N3O3S. The van der Waals surface area contributed by atoms with E-state index in [4.69, 9.17) is 0 Å². The maximum atomic E-state index is 12.2. The van der Waals surface area contributed by atoms with E-state index in [-0.39, 0.29) is 22.8 Å². The van der Waals surface area contributed by atoms with Gasteiger partial charge in [-0.05, 0) is 49.6 Å². The van der Waals surface area contributed by atoms with Crippen molar-refractivity contribution < 1.29 is 13.2 Å². The summed E-state index contributed by atoms with van der Waals surface area (Å²) in [6, 6.07) is 14.1. The van der Waals surface area contributed by atoms with Crippen molar-refractivity contribution in [3.8, 4) is 0 Å². The first-order valence-corrected chi connectivity index (χ1v) is 10.0. The highest BCUT2D eigenvalue weighted by atomic mass is 32.2. The molecule has 1 unspecified atom stereocenters. The molecule has 1 fully saturated rings. The van der Waals surface area contributed by atoms with E-state index < -0.39 is 10.0 Å². The molecule has 1 aliphatic carbocycles. The first-order chi connectivity index (χ1) is 12.4. The van der Waals surface area contributed by atoms with E-state index in [1.54, 1.807) is 24.3 Å². The number of anilines is 1. The molecule has 4 rings (SSSR count). The van der Waals surface area contributed by atoms with Gasteiger partial charge < -0.3 is 5.32 Å². The highest BCUT2D eigenvalue weighted by molar-refractivity contribution is 7.90. The van der Waals surface area contributed by atoms with Crippen LogP contribution in [0.15, 0.2) is 58.4 Å². The van der Waals surface area contributed by atoms with E-state index in [9.17, 15) is 13.2 Å². The summed E-state index contributed by atoms with van der Waals surface area (Å²) in [5.74, 6) is 0.595. The summed E-state index contributed by atoms with van der Waals surface area (Å²) in [6.07, 6.45) is 1.94. The maximum absolute atomic E-state index is 12.2. The van der Waals surface area contributed by atoms with Crippen LogP contribution >= 0.6 is 0 Å². The fraction of sp³-hybridized carbons (Fsp3) is 0.263. The van der Waals surface area contributed by atoms with Crippen LogP contribution in [0.3, 0.4) is 0 Å². The molecule has 2 aromatic carbocycles. The van der Waals surface area contributed by atoms with Crippen molar-refractivity contribution in [3.63, 3.8) is 0 Å². The number of benzene rings is 2. The number of amides is 1. The molecule has 0 bridgehead atoms. The van der Waals surface area contributed by atoms with Crippen molar-refractivity contribution in [2.45, 2.75) is 30.7 Å². The Morgan fingerprint density at radius 2 is 1.85 bits per heavy atom. The lowest BCUT2D eigenvalue weighted by Crippen LogP contribution is -2.22. The quantitative estimate of drug-likeness (QED) is 0.869. The van der Waals surface area contributed by atoms with Gasteiger partial charge in [-0.3, -0.25) is 14.5 Å². The fourth-order valence-electron chi connectivity index (χ4n) is 2.93. The van der Waals surface area contributed by atoms with Gasteiger partial charge in [0.05, 0.1) is 10.9 Å². The SMILES string of the molecule is CC(N=C1NS(=O)(=O)c2ccccc21)c1ccc(NC(=O)C2CC2)cc1. The van der Waals surface area contributed by atoms with E-state index in [1.165, 1.54) is 0 Å². The fourth-order valence-corrected chi connectivity index (χ4v) is 4.17. The molecule has 2 N–H and O–H groups in total. The molecular weight excluding hydrogens is 350 g/mol. The summed E-state index contributed by atoms with van der Waals surface area (Å²) in [4.78, 5) is 16.6. The summed E-state index contributed by atoms with van der Waals surface area (Å²) in [6.45, 7) is 1.90. The molecule has 6 nitrogen and oxygen atoms in total. The molecule has 7 heteroatoms. The molecule has 1 saturated carbocycles. The largest absolute Gasteiger partial charge is 0.326 e. The number of aliphatic imine (C=N–C) groups is 1. The number of sulfonamides is 1. The smallest absolute Gasteiger partial charge is 0.263 e. The minimum absolute atomic E-state index is 0.0722. The van der Waals surface area contributed by atoms with Crippen LogP contribution in [-0.2, 0) is 14.8 Å². The van der Waals surface area contributed by atoms with Gasteiger partial charge >= 0.3 is 0 Å². The normalized spacial score (nSPS) is 20.3. The lowest BCUT2D eigenvalue weighted by atomic mass is 10.1. The molecule has 26 heavy (non-hydrogen) atoms. The number of rotatable bonds is 4. The topological polar surface area (TPSA) is 87.6 Å². The van der Waals surface area contributed by atoms with Crippen molar-refractivity contribution in [3.05, 3.63) is 59.7 Å². The van der Waals surface area contributed by atoms with Crippen LogP contribution < -0.4 is 10.0 Å². The second-order valence-electron chi connectivity index (χ2n) is 6.64. The molecule has 0 radical (unpaired) electrons. The van der Waals surface area contributed by atoms with Gasteiger partial charge in [-0.15, -0.1) is 0 Å². The Labute approximate surface area is 152 Å². The van der Waals surface area contributed by atoms with Gasteiger partial charge in [-0.25, -0.2) is 8.42 Å². The van der Waals surface area contributed by atoms with Crippen molar-refractivity contribution in [1.29, 1.82) is 0 Å². The third-order valence-corrected chi connectivity index (χ3v) is 5.99. The van der Waals surface area contributed by atoms with Gasteiger partial charge in [-0.2, -0.15) is 0 Å². The Bertz CT molecular complexity index is 993. The number of hydrogen-bond acceptors (Lipinski definition) is 4. The van der Waals surface area contributed by atoms with Crippen molar-refractivity contribution in [1.82, 2.24) is 4.72 Å². The third-order valence-electron chi connectivity index (χ3n) is 4.59. The monoisotopic (exact) mass is 369 g/mol. The number of fused-ring (bicyclic) bond motifs is 1. The minimum Gasteiger partial charge on any atom is -0.326 e. The standard InChI is InChI=1S/C19H19N3O3S/c1-12(13-8-10-15(11-9-13)21-19(23)14-6-7-14)20-18-16-4-2-3-5-17(16)26(24,25)22-18/h2-5,8-12,14H,6-7H2,1H3,(H,20,22)(H,21,23). The highest BCUT2D eigenvalue weighted by Gasteiger charge is 2.31. The molecule has 0 aromatic heterocycles. The van der Waals surface area contributed by atoms with Gasteiger partial charge in [0.15, 0.2) is 0 Å². The Kier molecular flexibility index (Phi) is 4.03. The van der Waals surface area contributed by atoms with Gasteiger partial charge in [0.25, 0.3) is 10.0 Å².